The van der Waals surface area contributed by atoms with E-state index in [0.717, 1.165) is 17.5 Å². The van der Waals surface area contributed by atoms with Gasteiger partial charge in [0, 0.05) is 72.6 Å². The fraction of sp³-hybridized carbons (Fsp3) is 0.111. The predicted molar refractivity (Wildman–Crippen MR) is 138 cm³/mol. The largest absolute Gasteiger partial charge is 0.237 e. The molecule has 37 heavy (non-hydrogen) atoms. The summed E-state index contributed by atoms with van der Waals surface area (Å²) in [5, 5.41) is 12.2. The summed E-state index contributed by atoms with van der Waals surface area (Å²) >= 11 is 0. The van der Waals surface area contributed by atoms with Gasteiger partial charge in [-0.3, -0.25) is 0 Å². The Labute approximate surface area is 226 Å². The molecule has 6 aromatic rings. The number of hydrogen-bond donors (Lipinski definition) is 0. The number of aromatic nitrogens is 9. The molecule has 0 aliphatic heterocycles. The summed E-state index contributed by atoms with van der Waals surface area (Å²) in [5.74, 6) is 2.58. The Kier molecular flexibility index (Phi) is 10.0. The van der Waals surface area contributed by atoms with Crippen molar-refractivity contribution in [3.63, 3.8) is 0 Å². The molecule has 0 aliphatic rings. The average molecular weight is 537 g/mol. The molecule has 0 spiro atoms. The maximum atomic E-state index is 4.18. The first-order valence-corrected chi connectivity index (χ1v) is 11.4. The summed E-state index contributed by atoms with van der Waals surface area (Å²) in [6.45, 7) is 6.11. The van der Waals surface area contributed by atoms with E-state index in [4.69, 9.17) is 0 Å². The third-order valence-corrected chi connectivity index (χ3v) is 4.92. The van der Waals surface area contributed by atoms with Gasteiger partial charge in [-0.05, 0) is 92.1 Å². The van der Waals surface area contributed by atoms with Gasteiger partial charge in [-0.2, -0.15) is 15.3 Å². The number of aryl methyl sites for hydroxylation is 3. The van der Waals surface area contributed by atoms with Crippen LogP contribution in [0.5, 0.6) is 0 Å². The van der Waals surface area contributed by atoms with Gasteiger partial charge in [0.25, 0.3) is 0 Å². The van der Waals surface area contributed by atoms with Crippen molar-refractivity contribution in [2.75, 3.05) is 0 Å². The number of rotatable bonds is 3. The van der Waals surface area contributed by atoms with Crippen molar-refractivity contribution in [1.29, 1.82) is 0 Å². The molecule has 6 aromatic heterocycles. The molecule has 0 bridgehead atoms. The van der Waals surface area contributed by atoms with Crippen LogP contribution in [0.15, 0.2) is 110 Å². The third-order valence-electron chi connectivity index (χ3n) is 4.92. The van der Waals surface area contributed by atoms with Gasteiger partial charge < -0.3 is 0 Å². The number of nitrogens with zero attached hydrogens (tertiary/aromatic N) is 9. The summed E-state index contributed by atoms with van der Waals surface area (Å²) in [4.78, 5) is 12.5. The maximum Gasteiger partial charge on any atom is 0.153 e. The normalized spacial score (nSPS) is 9.81. The van der Waals surface area contributed by atoms with Crippen LogP contribution in [0, 0.1) is 20.8 Å². The first-order chi connectivity index (χ1) is 17.6. The molecule has 189 valence electrons. The molecule has 9 nitrogen and oxygen atoms in total. The van der Waals surface area contributed by atoms with Gasteiger partial charge in [0.2, 0.25) is 0 Å². The maximum absolute atomic E-state index is 4.18. The van der Waals surface area contributed by atoms with E-state index in [1.165, 1.54) is 16.7 Å². The topological polar surface area (TPSA) is 92.1 Å². The smallest absolute Gasteiger partial charge is 0.153 e. The zero-order chi connectivity index (χ0) is 25.2. The molecule has 0 N–H and O–H groups in total. The molecule has 0 saturated heterocycles. The van der Waals surface area contributed by atoms with Crippen LogP contribution in [0.1, 0.15) is 16.7 Å². The Bertz CT molecular complexity index is 1280. The fourth-order valence-corrected chi connectivity index (χ4v) is 3.15. The quantitative estimate of drug-likeness (QED) is 0.325. The first kappa shape index (κ1) is 27.2. The molecular weight excluding hydrogens is 509 g/mol. The molecule has 0 fully saturated rings. The van der Waals surface area contributed by atoms with Gasteiger partial charge >= 0.3 is 0 Å². The Morgan fingerprint density at radius 1 is 0.459 bits per heavy atom. The summed E-state index contributed by atoms with van der Waals surface area (Å²) < 4.78 is 5.23. The van der Waals surface area contributed by atoms with Crippen LogP contribution in [-0.2, 0) is 16.8 Å². The zero-order valence-electron chi connectivity index (χ0n) is 20.8. The van der Waals surface area contributed by atoms with Crippen molar-refractivity contribution in [3.05, 3.63) is 127 Å². The number of hydrogen-bond acceptors (Lipinski definition) is 6. The minimum absolute atomic E-state index is 0. The second-order valence-corrected chi connectivity index (χ2v) is 7.93. The van der Waals surface area contributed by atoms with Gasteiger partial charge in [-0.1, -0.05) is 0 Å². The van der Waals surface area contributed by atoms with Gasteiger partial charge in [-0.25, -0.2) is 29.0 Å². The van der Waals surface area contributed by atoms with E-state index in [1.54, 1.807) is 51.2 Å². The van der Waals surface area contributed by atoms with Crippen LogP contribution in [0.2, 0.25) is 0 Å². The summed E-state index contributed by atoms with van der Waals surface area (Å²) in [7, 11) is 0. The minimum atomic E-state index is 0. The fourth-order valence-electron chi connectivity index (χ4n) is 3.15. The van der Waals surface area contributed by atoms with Crippen LogP contribution in [-0.4, -0.2) is 44.3 Å². The van der Waals surface area contributed by atoms with E-state index in [1.807, 2.05) is 94.0 Å². The Morgan fingerprint density at radius 2 is 0.757 bits per heavy atom. The zero-order valence-corrected chi connectivity index (χ0v) is 21.8. The minimum Gasteiger partial charge on any atom is -0.237 e. The van der Waals surface area contributed by atoms with Crippen molar-refractivity contribution < 1.29 is 16.8 Å². The van der Waals surface area contributed by atoms with Gasteiger partial charge in [0.05, 0.1) is 0 Å². The molecule has 6 heterocycles. The van der Waals surface area contributed by atoms with Gasteiger partial charge in [0.1, 0.15) is 0 Å². The molecule has 0 unspecified atom stereocenters. The van der Waals surface area contributed by atoms with Crippen LogP contribution < -0.4 is 0 Å². The summed E-state index contributed by atoms with van der Waals surface area (Å²) in [5.41, 5.74) is 3.57. The molecule has 0 saturated carbocycles. The Balaban J connectivity index is 0.000000152. The Hall–Kier alpha value is -4.41. The second-order valence-electron chi connectivity index (χ2n) is 7.93. The van der Waals surface area contributed by atoms with Crippen molar-refractivity contribution in [2.45, 2.75) is 20.8 Å². The van der Waals surface area contributed by atoms with E-state index >= 15 is 0 Å². The van der Waals surface area contributed by atoms with E-state index in [-0.39, 0.29) is 16.8 Å². The molecule has 1 radical (unpaired) electrons. The van der Waals surface area contributed by atoms with Crippen molar-refractivity contribution in [3.8, 4) is 17.5 Å². The van der Waals surface area contributed by atoms with E-state index in [9.17, 15) is 0 Å². The molecular formula is C27H27CoN9. The molecule has 0 aliphatic carbocycles. The molecule has 0 aromatic carbocycles. The SMILES string of the molecule is Cc1ccnc(-n2cccn2)c1.Cc1ccnc(-n2cccn2)c1.Cc1ccnc(-n2cccn2)c1.[Co]. The van der Waals surface area contributed by atoms with Crippen molar-refractivity contribution in [1.82, 2.24) is 44.3 Å². The number of pyridine rings is 3. The average Bonchev–Trinajstić information content (AvgIpc) is 3.69. The van der Waals surface area contributed by atoms with Gasteiger partial charge in [0.15, 0.2) is 17.5 Å². The second kappa shape index (κ2) is 13.6. The van der Waals surface area contributed by atoms with E-state index in [2.05, 4.69) is 30.2 Å². The third kappa shape index (κ3) is 8.06. The van der Waals surface area contributed by atoms with Crippen LogP contribution in [0.3, 0.4) is 0 Å². The van der Waals surface area contributed by atoms with E-state index < -0.39 is 0 Å². The van der Waals surface area contributed by atoms with Gasteiger partial charge in [-0.15, -0.1) is 0 Å². The summed E-state index contributed by atoms with van der Waals surface area (Å²) in [6.07, 6.45) is 16.2. The van der Waals surface area contributed by atoms with E-state index in [0.29, 0.717) is 0 Å². The van der Waals surface area contributed by atoms with Crippen LogP contribution >= 0.6 is 0 Å². The van der Waals surface area contributed by atoms with Crippen LogP contribution in [0.25, 0.3) is 17.5 Å². The standard InChI is InChI=1S/3C9H9N3.Co/c3*1-8-3-5-10-9(7-8)12-6-2-4-11-12;/h3*2-7H,1H3;. The molecule has 6 rings (SSSR count). The molecule has 10 heteroatoms. The predicted octanol–water partition coefficient (Wildman–Crippen LogP) is 4.72. The van der Waals surface area contributed by atoms with Crippen LogP contribution in [0.4, 0.5) is 0 Å². The Morgan fingerprint density at radius 3 is 0.973 bits per heavy atom. The summed E-state index contributed by atoms with van der Waals surface area (Å²) in [6, 6.07) is 17.5. The monoisotopic (exact) mass is 536 g/mol. The first-order valence-electron chi connectivity index (χ1n) is 11.4. The molecule has 0 amide bonds. The molecule has 0 atom stereocenters. The van der Waals surface area contributed by atoms with Crippen molar-refractivity contribution >= 4 is 0 Å². The van der Waals surface area contributed by atoms with Crippen molar-refractivity contribution in [2.24, 2.45) is 0 Å².